The molecular formula is C22H21N3O4. The van der Waals surface area contributed by atoms with Gasteiger partial charge in [-0.1, -0.05) is 48.0 Å². The van der Waals surface area contributed by atoms with Crippen LogP contribution in [-0.4, -0.2) is 18.2 Å². The molecule has 0 spiro atoms. The monoisotopic (exact) mass is 391 g/mol. The standard InChI is InChI=1S/C22H21N3O4/c1-16-7-6-8-17(11-16)15-29-22-20(25(26)27)12-18(13-21(22)28-2)14-23-24-19-9-4-3-5-10-19/h3-14,24H,15H2,1-2H3/b23-14+. The maximum atomic E-state index is 11.6. The zero-order valence-corrected chi connectivity index (χ0v) is 16.2. The van der Waals surface area contributed by atoms with E-state index in [9.17, 15) is 10.1 Å². The molecule has 0 aliphatic carbocycles. The van der Waals surface area contributed by atoms with Gasteiger partial charge in [-0.15, -0.1) is 0 Å². The molecule has 1 N–H and O–H groups in total. The number of hydrazone groups is 1. The van der Waals surface area contributed by atoms with E-state index in [4.69, 9.17) is 9.47 Å². The average molecular weight is 391 g/mol. The number of para-hydroxylation sites is 1. The predicted molar refractivity (Wildman–Crippen MR) is 113 cm³/mol. The second-order valence-electron chi connectivity index (χ2n) is 6.34. The molecule has 3 aromatic rings. The van der Waals surface area contributed by atoms with Crippen LogP contribution in [0.4, 0.5) is 11.4 Å². The quantitative estimate of drug-likeness (QED) is 0.334. The van der Waals surface area contributed by atoms with Crippen molar-refractivity contribution in [3.05, 3.63) is 93.5 Å². The number of aryl methyl sites for hydroxylation is 1. The van der Waals surface area contributed by atoms with Crippen LogP contribution < -0.4 is 14.9 Å². The molecule has 0 unspecified atom stereocenters. The van der Waals surface area contributed by atoms with Gasteiger partial charge >= 0.3 is 5.69 Å². The lowest BCUT2D eigenvalue weighted by Gasteiger charge is -2.12. The van der Waals surface area contributed by atoms with Gasteiger partial charge in [0.2, 0.25) is 5.75 Å². The van der Waals surface area contributed by atoms with Crippen molar-refractivity contribution in [3.8, 4) is 11.5 Å². The number of anilines is 1. The maximum Gasteiger partial charge on any atom is 0.315 e. The number of benzene rings is 3. The Kier molecular flexibility index (Phi) is 6.42. The third-order valence-electron chi connectivity index (χ3n) is 4.12. The summed E-state index contributed by atoms with van der Waals surface area (Å²) in [7, 11) is 1.45. The van der Waals surface area contributed by atoms with E-state index in [0.717, 1.165) is 16.8 Å². The zero-order valence-electron chi connectivity index (χ0n) is 16.2. The predicted octanol–water partition coefficient (Wildman–Crippen LogP) is 4.94. The van der Waals surface area contributed by atoms with E-state index in [0.29, 0.717) is 5.56 Å². The van der Waals surface area contributed by atoms with Crippen molar-refractivity contribution in [1.82, 2.24) is 0 Å². The Morgan fingerprint density at radius 3 is 2.59 bits per heavy atom. The summed E-state index contributed by atoms with van der Waals surface area (Å²) in [4.78, 5) is 11.1. The van der Waals surface area contributed by atoms with Crippen molar-refractivity contribution in [3.63, 3.8) is 0 Å². The third-order valence-corrected chi connectivity index (χ3v) is 4.12. The number of ether oxygens (including phenoxy) is 2. The molecule has 3 aromatic carbocycles. The number of nitro benzene ring substituents is 1. The Hall–Kier alpha value is -3.87. The topological polar surface area (TPSA) is 86.0 Å². The van der Waals surface area contributed by atoms with Crippen LogP contribution in [0.5, 0.6) is 11.5 Å². The summed E-state index contributed by atoms with van der Waals surface area (Å²) in [5, 5.41) is 15.7. The lowest BCUT2D eigenvalue weighted by molar-refractivity contribution is -0.386. The highest BCUT2D eigenvalue weighted by molar-refractivity contribution is 5.83. The molecule has 0 heterocycles. The van der Waals surface area contributed by atoms with Crippen molar-refractivity contribution in [1.29, 1.82) is 0 Å². The number of hydrogen-bond acceptors (Lipinski definition) is 6. The van der Waals surface area contributed by atoms with Gasteiger partial charge in [0.15, 0.2) is 5.75 Å². The highest BCUT2D eigenvalue weighted by atomic mass is 16.6. The van der Waals surface area contributed by atoms with E-state index < -0.39 is 4.92 Å². The molecule has 0 bridgehead atoms. The molecular weight excluding hydrogens is 370 g/mol. The summed E-state index contributed by atoms with van der Waals surface area (Å²) in [6, 6.07) is 20.2. The van der Waals surface area contributed by atoms with Gasteiger partial charge in [0.1, 0.15) is 6.61 Å². The molecule has 0 aliphatic heterocycles. The molecule has 7 heteroatoms. The van der Waals surface area contributed by atoms with Crippen LogP contribution in [0.25, 0.3) is 0 Å². The molecule has 0 saturated carbocycles. The van der Waals surface area contributed by atoms with Crippen molar-refractivity contribution in [2.45, 2.75) is 13.5 Å². The van der Waals surface area contributed by atoms with Gasteiger partial charge in [-0.05, 0) is 30.7 Å². The highest BCUT2D eigenvalue weighted by Gasteiger charge is 2.22. The molecule has 0 saturated heterocycles. The first-order valence-corrected chi connectivity index (χ1v) is 8.95. The van der Waals surface area contributed by atoms with Crippen LogP contribution >= 0.6 is 0 Å². The lowest BCUT2D eigenvalue weighted by Crippen LogP contribution is -2.03. The smallest absolute Gasteiger partial charge is 0.315 e. The lowest BCUT2D eigenvalue weighted by atomic mass is 10.1. The second-order valence-corrected chi connectivity index (χ2v) is 6.34. The average Bonchev–Trinajstić information content (AvgIpc) is 2.73. The van der Waals surface area contributed by atoms with Crippen LogP contribution in [0, 0.1) is 17.0 Å². The molecule has 29 heavy (non-hydrogen) atoms. The summed E-state index contributed by atoms with van der Waals surface area (Å²) in [6.45, 7) is 2.17. The van der Waals surface area contributed by atoms with E-state index >= 15 is 0 Å². The molecule has 0 fully saturated rings. The molecule has 7 nitrogen and oxygen atoms in total. The van der Waals surface area contributed by atoms with Crippen molar-refractivity contribution in [2.75, 3.05) is 12.5 Å². The SMILES string of the molecule is COc1cc(/C=N/Nc2ccccc2)cc([N+](=O)[O-])c1OCc1cccc(C)c1. The zero-order chi connectivity index (χ0) is 20.6. The fourth-order valence-corrected chi connectivity index (χ4v) is 2.77. The van der Waals surface area contributed by atoms with Crippen LogP contribution in [0.3, 0.4) is 0 Å². The number of nitrogens with zero attached hydrogens (tertiary/aromatic N) is 2. The van der Waals surface area contributed by atoms with Crippen LogP contribution in [0.15, 0.2) is 71.8 Å². The highest BCUT2D eigenvalue weighted by Crippen LogP contribution is 2.38. The van der Waals surface area contributed by atoms with Gasteiger partial charge < -0.3 is 9.47 Å². The van der Waals surface area contributed by atoms with Gasteiger partial charge in [-0.3, -0.25) is 15.5 Å². The van der Waals surface area contributed by atoms with E-state index in [2.05, 4.69) is 10.5 Å². The fourth-order valence-electron chi connectivity index (χ4n) is 2.77. The summed E-state index contributed by atoms with van der Waals surface area (Å²) < 4.78 is 11.1. The summed E-state index contributed by atoms with van der Waals surface area (Å²) in [6.07, 6.45) is 1.49. The van der Waals surface area contributed by atoms with Crippen LogP contribution in [-0.2, 0) is 6.61 Å². The molecule has 0 aliphatic rings. The first-order valence-electron chi connectivity index (χ1n) is 8.95. The largest absolute Gasteiger partial charge is 0.493 e. The number of rotatable bonds is 8. The molecule has 0 amide bonds. The van der Waals surface area contributed by atoms with Gasteiger partial charge in [0.25, 0.3) is 0 Å². The van der Waals surface area contributed by atoms with E-state index in [-0.39, 0.29) is 23.8 Å². The number of nitrogens with one attached hydrogen (secondary N) is 1. The van der Waals surface area contributed by atoms with E-state index in [1.807, 2.05) is 61.5 Å². The van der Waals surface area contributed by atoms with Crippen LogP contribution in [0.2, 0.25) is 0 Å². The summed E-state index contributed by atoms with van der Waals surface area (Å²) in [5.41, 5.74) is 6.02. The Bertz CT molecular complexity index is 1020. The molecule has 148 valence electrons. The molecule has 3 rings (SSSR count). The van der Waals surface area contributed by atoms with E-state index in [1.54, 1.807) is 6.07 Å². The first kappa shape index (κ1) is 19.9. The minimum Gasteiger partial charge on any atom is -0.493 e. The van der Waals surface area contributed by atoms with Crippen LogP contribution in [0.1, 0.15) is 16.7 Å². The second kappa shape index (κ2) is 9.36. The maximum absolute atomic E-state index is 11.6. The normalized spacial score (nSPS) is 10.7. The van der Waals surface area contributed by atoms with Crippen molar-refractivity contribution >= 4 is 17.6 Å². The summed E-state index contributed by atoms with van der Waals surface area (Å²) >= 11 is 0. The minimum atomic E-state index is -0.490. The Balaban J connectivity index is 1.83. The number of methoxy groups -OCH3 is 1. The molecule has 0 aromatic heterocycles. The first-order chi connectivity index (χ1) is 14.1. The fraction of sp³-hybridized carbons (Fsp3) is 0.136. The van der Waals surface area contributed by atoms with Gasteiger partial charge in [-0.2, -0.15) is 5.10 Å². The third kappa shape index (κ3) is 5.32. The Labute approximate surface area is 168 Å². The number of hydrogen-bond donors (Lipinski definition) is 1. The van der Waals surface area contributed by atoms with E-state index in [1.165, 1.54) is 19.4 Å². The van der Waals surface area contributed by atoms with Gasteiger partial charge in [0.05, 0.1) is 23.9 Å². The van der Waals surface area contributed by atoms with Crippen molar-refractivity contribution in [2.24, 2.45) is 5.10 Å². The number of nitro groups is 1. The van der Waals surface area contributed by atoms with Gasteiger partial charge in [-0.25, -0.2) is 0 Å². The summed E-state index contributed by atoms with van der Waals surface area (Å²) in [5.74, 6) is 0.361. The molecule has 0 radical (unpaired) electrons. The van der Waals surface area contributed by atoms with Crippen molar-refractivity contribution < 1.29 is 14.4 Å². The molecule has 0 atom stereocenters. The minimum absolute atomic E-state index is 0.0900. The van der Waals surface area contributed by atoms with Gasteiger partial charge in [0, 0.05) is 11.6 Å². The Morgan fingerprint density at radius 1 is 1.10 bits per heavy atom. The Morgan fingerprint density at radius 2 is 1.90 bits per heavy atom.